The van der Waals surface area contributed by atoms with E-state index in [2.05, 4.69) is 29.4 Å². The van der Waals surface area contributed by atoms with Gasteiger partial charge in [-0.05, 0) is 17.9 Å². The number of hydrogen-bond acceptors (Lipinski definition) is 4. The first-order valence-electron chi connectivity index (χ1n) is 9.19. The van der Waals surface area contributed by atoms with Gasteiger partial charge in [-0.2, -0.15) is 10.2 Å². The molecule has 0 bridgehead atoms. The van der Waals surface area contributed by atoms with Crippen molar-refractivity contribution in [1.29, 1.82) is 0 Å². The fraction of sp³-hybridized carbons (Fsp3) is 0.400. The number of hydrogen-bond donors (Lipinski definition) is 1. The SMILES string of the molecule is CNC(=O)Cc1nc(C2(c3ccccc3F)CC2(C)C)n(-c2cnn(C)c2)n1. The minimum atomic E-state index is -0.623. The molecule has 2 aromatic heterocycles. The van der Waals surface area contributed by atoms with Crippen LogP contribution < -0.4 is 5.32 Å². The van der Waals surface area contributed by atoms with Crippen molar-refractivity contribution in [2.24, 2.45) is 12.5 Å². The van der Waals surface area contributed by atoms with Crippen LogP contribution in [0.25, 0.3) is 5.69 Å². The average molecular weight is 382 g/mol. The molecule has 1 amide bonds. The lowest BCUT2D eigenvalue weighted by Gasteiger charge is -2.21. The van der Waals surface area contributed by atoms with Crippen molar-refractivity contribution in [1.82, 2.24) is 29.9 Å². The minimum absolute atomic E-state index is 0.0601. The monoisotopic (exact) mass is 382 g/mol. The van der Waals surface area contributed by atoms with Crippen LogP contribution in [0, 0.1) is 11.2 Å². The van der Waals surface area contributed by atoms with Crippen LogP contribution in [0.3, 0.4) is 0 Å². The van der Waals surface area contributed by atoms with Gasteiger partial charge in [0.15, 0.2) is 5.82 Å². The van der Waals surface area contributed by atoms with Crippen LogP contribution in [-0.2, 0) is 23.7 Å². The Bertz CT molecular complexity index is 1050. The number of carbonyl (C=O) groups is 1. The number of halogens is 1. The number of benzene rings is 1. The largest absolute Gasteiger partial charge is 0.359 e. The van der Waals surface area contributed by atoms with E-state index in [1.807, 2.05) is 25.4 Å². The molecule has 8 heteroatoms. The molecule has 1 N–H and O–H groups in total. The smallest absolute Gasteiger partial charge is 0.227 e. The number of nitrogens with zero attached hydrogens (tertiary/aromatic N) is 5. The third kappa shape index (κ3) is 2.71. The number of carbonyl (C=O) groups excluding carboxylic acids is 1. The summed E-state index contributed by atoms with van der Waals surface area (Å²) in [6.45, 7) is 4.19. The fourth-order valence-electron chi connectivity index (χ4n) is 4.02. The Morgan fingerprint density at radius 2 is 2.04 bits per heavy atom. The maximum absolute atomic E-state index is 14.8. The molecule has 28 heavy (non-hydrogen) atoms. The number of nitrogens with one attached hydrogen (secondary N) is 1. The zero-order valence-electron chi connectivity index (χ0n) is 16.4. The second-order valence-corrected chi connectivity index (χ2v) is 7.93. The molecule has 146 valence electrons. The molecule has 1 saturated carbocycles. The summed E-state index contributed by atoms with van der Waals surface area (Å²) in [7, 11) is 3.39. The molecule has 0 saturated heterocycles. The van der Waals surface area contributed by atoms with Crippen molar-refractivity contribution in [3.63, 3.8) is 0 Å². The molecule has 1 aliphatic rings. The number of likely N-dealkylation sites (N-methyl/N-ethyl adjacent to an activating group) is 1. The highest BCUT2D eigenvalue weighted by Crippen LogP contribution is 2.67. The van der Waals surface area contributed by atoms with E-state index in [9.17, 15) is 9.18 Å². The molecule has 1 atom stereocenters. The topological polar surface area (TPSA) is 77.6 Å². The molecule has 4 rings (SSSR count). The lowest BCUT2D eigenvalue weighted by molar-refractivity contribution is -0.120. The summed E-state index contributed by atoms with van der Waals surface area (Å²) in [5.74, 6) is 0.595. The van der Waals surface area contributed by atoms with E-state index in [4.69, 9.17) is 4.98 Å². The number of rotatable bonds is 5. The van der Waals surface area contributed by atoms with Gasteiger partial charge in [0.2, 0.25) is 5.91 Å². The third-order valence-corrected chi connectivity index (χ3v) is 5.64. The van der Waals surface area contributed by atoms with E-state index in [0.29, 0.717) is 17.2 Å². The number of aryl methyl sites for hydroxylation is 1. The van der Waals surface area contributed by atoms with E-state index < -0.39 is 5.41 Å². The van der Waals surface area contributed by atoms with Crippen molar-refractivity contribution >= 4 is 5.91 Å². The van der Waals surface area contributed by atoms with Gasteiger partial charge in [0.05, 0.1) is 24.2 Å². The van der Waals surface area contributed by atoms with Gasteiger partial charge in [0.1, 0.15) is 17.3 Å². The summed E-state index contributed by atoms with van der Waals surface area (Å²) in [4.78, 5) is 16.6. The molecule has 1 unspecified atom stereocenters. The summed E-state index contributed by atoms with van der Waals surface area (Å²) < 4.78 is 18.2. The van der Waals surface area contributed by atoms with Crippen LogP contribution in [0.15, 0.2) is 36.7 Å². The second kappa shape index (κ2) is 6.25. The Hall–Kier alpha value is -3.03. The highest BCUT2D eigenvalue weighted by molar-refractivity contribution is 5.77. The quantitative estimate of drug-likeness (QED) is 0.733. The molecule has 1 fully saturated rings. The molecule has 0 spiro atoms. The summed E-state index contributed by atoms with van der Waals surface area (Å²) in [5, 5.41) is 11.4. The second-order valence-electron chi connectivity index (χ2n) is 7.93. The zero-order valence-corrected chi connectivity index (χ0v) is 16.4. The molecule has 0 radical (unpaired) electrons. The first-order valence-corrected chi connectivity index (χ1v) is 9.19. The van der Waals surface area contributed by atoms with E-state index in [0.717, 1.165) is 12.1 Å². The van der Waals surface area contributed by atoms with Crippen LogP contribution in [-0.4, -0.2) is 37.5 Å². The molecular weight excluding hydrogens is 359 g/mol. The minimum Gasteiger partial charge on any atom is -0.359 e. The van der Waals surface area contributed by atoms with Gasteiger partial charge in [-0.1, -0.05) is 32.0 Å². The van der Waals surface area contributed by atoms with E-state index in [-0.39, 0.29) is 23.6 Å². The van der Waals surface area contributed by atoms with E-state index in [1.165, 1.54) is 6.07 Å². The van der Waals surface area contributed by atoms with Gasteiger partial charge in [-0.15, -0.1) is 0 Å². The Balaban J connectivity index is 1.92. The van der Waals surface area contributed by atoms with Crippen molar-refractivity contribution in [3.8, 4) is 5.69 Å². The molecule has 7 nitrogen and oxygen atoms in total. The number of aromatic nitrogens is 5. The van der Waals surface area contributed by atoms with Gasteiger partial charge in [-0.3, -0.25) is 9.48 Å². The maximum Gasteiger partial charge on any atom is 0.227 e. The standard InChI is InChI=1S/C20H23FN6O/c1-19(2)12-20(19,14-7-5-6-8-15(14)21)18-24-16(9-17(28)22-3)25-27(18)13-10-23-26(4)11-13/h5-8,10-11H,9,12H2,1-4H3,(H,22,28). The van der Waals surface area contributed by atoms with Crippen molar-refractivity contribution in [3.05, 3.63) is 59.7 Å². The summed E-state index contributed by atoms with van der Waals surface area (Å²) in [5.41, 5.74) is 0.504. The Labute approximate surface area is 162 Å². The Morgan fingerprint density at radius 1 is 1.32 bits per heavy atom. The van der Waals surface area contributed by atoms with Gasteiger partial charge in [0, 0.05) is 19.7 Å². The van der Waals surface area contributed by atoms with Gasteiger partial charge in [0.25, 0.3) is 0 Å². The van der Waals surface area contributed by atoms with Crippen LogP contribution in [0.1, 0.15) is 37.5 Å². The molecule has 3 aromatic rings. The molecule has 0 aliphatic heterocycles. The highest BCUT2D eigenvalue weighted by atomic mass is 19.1. The van der Waals surface area contributed by atoms with Gasteiger partial charge >= 0.3 is 0 Å². The summed E-state index contributed by atoms with van der Waals surface area (Å²) >= 11 is 0. The molecule has 1 aliphatic carbocycles. The summed E-state index contributed by atoms with van der Waals surface area (Å²) in [6.07, 6.45) is 4.31. The van der Waals surface area contributed by atoms with Crippen LogP contribution in [0.4, 0.5) is 4.39 Å². The Kier molecular flexibility index (Phi) is 4.10. The number of amides is 1. The third-order valence-electron chi connectivity index (χ3n) is 5.64. The fourth-order valence-corrected chi connectivity index (χ4v) is 4.02. The van der Waals surface area contributed by atoms with Crippen LogP contribution >= 0.6 is 0 Å². The highest BCUT2D eigenvalue weighted by Gasteiger charge is 2.67. The first kappa shape index (κ1) is 18.3. The lowest BCUT2D eigenvalue weighted by atomic mass is 9.86. The molecule has 1 aromatic carbocycles. The normalized spacial score (nSPS) is 20.2. The van der Waals surface area contributed by atoms with Crippen molar-refractivity contribution < 1.29 is 9.18 Å². The molecule has 2 heterocycles. The average Bonchev–Trinajstić information content (AvgIpc) is 2.99. The molecular formula is C20H23FN6O. The lowest BCUT2D eigenvalue weighted by Crippen LogP contribution is -2.23. The van der Waals surface area contributed by atoms with E-state index in [1.54, 1.807) is 28.7 Å². The Morgan fingerprint density at radius 3 is 2.61 bits per heavy atom. The summed E-state index contributed by atoms with van der Waals surface area (Å²) in [6, 6.07) is 6.81. The van der Waals surface area contributed by atoms with Crippen LogP contribution in [0.2, 0.25) is 0 Å². The van der Waals surface area contributed by atoms with Gasteiger partial charge < -0.3 is 5.32 Å². The first-order chi connectivity index (χ1) is 13.3. The zero-order chi connectivity index (χ0) is 20.1. The van der Waals surface area contributed by atoms with Crippen LogP contribution in [0.5, 0.6) is 0 Å². The van der Waals surface area contributed by atoms with Crippen molar-refractivity contribution in [2.45, 2.75) is 32.1 Å². The van der Waals surface area contributed by atoms with Gasteiger partial charge in [-0.25, -0.2) is 14.1 Å². The van der Waals surface area contributed by atoms with E-state index >= 15 is 0 Å². The predicted molar refractivity (Wildman–Crippen MR) is 101 cm³/mol. The van der Waals surface area contributed by atoms with Crippen molar-refractivity contribution in [2.75, 3.05) is 7.05 Å². The predicted octanol–water partition coefficient (Wildman–Crippen LogP) is 2.14. The maximum atomic E-state index is 14.8.